The lowest BCUT2D eigenvalue weighted by Gasteiger charge is -2.18. The van der Waals surface area contributed by atoms with Gasteiger partial charge >= 0.3 is 17.9 Å². The van der Waals surface area contributed by atoms with Gasteiger partial charge in [-0.25, -0.2) is 0 Å². The monoisotopic (exact) mass is 847 g/mol. The second kappa shape index (κ2) is 49.0. The van der Waals surface area contributed by atoms with Gasteiger partial charge in [0, 0.05) is 19.3 Å². The quantitative estimate of drug-likeness (QED) is 0.0200. The maximum Gasteiger partial charge on any atom is 0.306 e. The molecule has 6 nitrogen and oxygen atoms in total. The van der Waals surface area contributed by atoms with Crippen LogP contribution in [0, 0.1) is 0 Å². The standard InChI is InChI=1S/C55H90O6/c1-4-7-10-13-16-19-22-25-26-27-28-31-33-36-39-42-45-48-54(57)60-51-52(61-55(58)49-46-43-40-37-34-30-24-21-18-15-12-9-6-3)50-59-53(56)47-44-41-38-35-32-29-23-20-17-14-11-8-5-2/h9,12,15-16,18-19,21,24-26,29-30,32,34,37,40,52H,4-8,10-11,13-14,17,20,22-23,27-28,31,33,35-36,38-39,41-51H2,1-3H3/b12-9-,18-15-,19-16-,24-21-,26-25-,32-29-,34-30-,40-37-. The fraction of sp³-hybridized carbons (Fsp3) is 0.655. The van der Waals surface area contributed by atoms with E-state index in [0.29, 0.717) is 19.3 Å². The molecule has 1 unspecified atom stereocenters. The van der Waals surface area contributed by atoms with Gasteiger partial charge in [-0.2, -0.15) is 0 Å². The lowest BCUT2D eigenvalue weighted by Crippen LogP contribution is -2.30. The number of allylic oxidation sites excluding steroid dienone is 16. The molecule has 0 bridgehead atoms. The van der Waals surface area contributed by atoms with E-state index in [1.54, 1.807) is 0 Å². The van der Waals surface area contributed by atoms with Crippen molar-refractivity contribution in [1.82, 2.24) is 0 Å². The second-order valence-electron chi connectivity index (χ2n) is 16.1. The van der Waals surface area contributed by atoms with Crippen molar-refractivity contribution in [2.24, 2.45) is 0 Å². The fourth-order valence-corrected chi connectivity index (χ4v) is 6.44. The highest BCUT2D eigenvalue weighted by Gasteiger charge is 2.19. The van der Waals surface area contributed by atoms with Crippen molar-refractivity contribution in [3.8, 4) is 0 Å². The van der Waals surface area contributed by atoms with Crippen molar-refractivity contribution in [2.75, 3.05) is 13.2 Å². The summed E-state index contributed by atoms with van der Waals surface area (Å²) in [6.07, 6.45) is 64.0. The topological polar surface area (TPSA) is 78.9 Å². The van der Waals surface area contributed by atoms with Gasteiger partial charge in [0.05, 0.1) is 0 Å². The Labute approximate surface area is 375 Å². The van der Waals surface area contributed by atoms with Gasteiger partial charge in [0.15, 0.2) is 6.10 Å². The second-order valence-corrected chi connectivity index (χ2v) is 16.1. The molecule has 0 spiro atoms. The van der Waals surface area contributed by atoms with E-state index in [-0.39, 0.29) is 31.6 Å². The molecule has 0 aromatic heterocycles. The van der Waals surface area contributed by atoms with E-state index >= 15 is 0 Å². The molecule has 0 fully saturated rings. The molecule has 0 aliphatic heterocycles. The number of ether oxygens (including phenoxy) is 3. The number of hydrogen-bond acceptors (Lipinski definition) is 6. The van der Waals surface area contributed by atoms with Gasteiger partial charge in [-0.05, 0) is 89.9 Å². The number of rotatable bonds is 43. The Hall–Kier alpha value is -3.67. The normalized spacial score (nSPS) is 12.9. The third kappa shape index (κ3) is 47.2. The summed E-state index contributed by atoms with van der Waals surface area (Å²) in [4.78, 5) is 37.9. The van der Waals surface area contributed by atoms with Crippen molar-refractivity contribution in [3.63, 3.8) is 0 Å². The van der Waals surface area contributed by atoms with E-state index in [0.717, 1.165) is 77.0 Å². The summed E-state index contributed by atoms with van der Waals surface area (Å²) < 4.78 is 16.7. The molecule has 0 N–H and O–H groups in total. The Bertz CT molecular complexity index is 1250. The highest BCUT2D eigenvalue weighted by Crippen LogP contribution is 2.13. The maximum atomic E-state index is 12.7. The minimum Gasteiger partial charge on any atom is -0.462 e. The van der Waals surface area contributed by atoms with Gasteiger partial charge in [0.1, 0.15) is 13.2 Å². The molecule has 0 aromatic rings. The Morgan fingerprint density at radius 3 is 1.23 bits per heavy atom. The number of carbonyl (C=O) groups is 3. The first-order valence-corrected chi connectivity index (χ1v) is 24.8. The van der Waals surface area contributed by atoms with Crippen molar-refractivity contribution in [3.05, 3.63) is 97.2 Å². The number of esters is 3. The van der Waals surface area contributed by atoms with Crippen LogP contribution in [0.5, 0.6) is 0 Å². The lowest BCUT2D eigenvalue weighted by molar-refractivity contribution is -0.167. The molecule has 0 rings (SSSR count). The van der Waals surface area contributed by atoms with Crippen LogP contribution in [0.2, 0.25) is 0 Å². The van der Waals surface area contributed by atoms with E-state index < -0.39 is 12.1 Å². The lowest BCUT2D eigenvalue weighted by atomic mass is 10.1. The predicted molar refractivity (Wildman–Crippen MR) is 260 cm³/mol. The number of unbranched alkanes of at least 4 members (excludes halogenated alkanes) is 20. The van der Waals surface area contributed by atoms with Gasteiger partial charge in [0.2, 0.25) is 0 Å². The first-order chi connectivity index (χ1) is 30.0. The van der Waals surface area contributed by atoms with Crippen molar-refractivity contribution >= 4 is 17.9 Å². The van der Waals surface area contributed by atoms with Gasteiger partial charge in [-0.3, -0.25) is 14.4 Å². The molecule has 6 heteroatoms. The summed E-state index contributed by atoms with van der Waals surface area (Å²) in [5.41, 5.74) is 0. The molecule has 0 saturated carbocycles. The van der Waals surface area contributed by atoms with Crippen LogP contribution < -0.4 is 0 Å². The average Bonchev–Trinajstić information content (AvgIpc) is 3.26. The van der Waals surface area contributed by atoms with Crippen LogP contribution in [0.3, 0.4) is 0 Å². The van der Waals surface area contributed by atoms with Crippen molar-refractivity contribution in [2.45, 2.75) is 219 Å². The summed E-state index contributed by atoms with van der Waals surface area (Å²) in [6.45, 7) is 6.36. The molecule has 346 valence electrons. The number of hydrogen-bond donors (Lipinski definition) is 0. The predicted octanol–water partition coefficient (Wildman–Crippen LogP) is 16.2. The molecule has 61 heavy (non-hydrogen) atoms. The van der Waals surface area contributed by atoms with E-state index in [1.165, 1.54) is 89.9 Å². The largest absolute Gasteiger partial charge is 0.462 e. The summed E-state index contributed by atoms with van der Waals surface area (Å²) in [5, 5.41) is 0. The van der Waals surface area contributed by atoms with E-state index in [1.807, 2.05) is 54.7 Å². The van der Waals surface area contributed by atoms with Gasteiger partial charge in [-0.1, -0.05) is 201 Å². The molecule has 0 heterocycles. The Morgan fingerprint density at radius 1 is 0.361 bits per heavy atom. The summed E-state index contributed by atoms with van der Waals surface area (Å²) in [6, 6.07) is 0. The Balaban J connectivity index is 4.51. The molecular formula is C55H90O6. The molecule has 0 radical (unpaired) electrons. The first-order valence-electron chi connectivity index (χ1n) is 24.8. The SMILES string of the molecule is CC\C=C/C=C\C=C/C=C\C=C/CCCC(=O)OC(COC(=O)CCCCC/C=C\CCCCCCCC)COC(=O)CCCCCCCCC/C=C\C/C=C\CCCCC. The zero-order valence-corrected chi connectivity index (χ0v) is 39.4. The van der Waals surface area contributed by atoms with Crippen LogP contribution in [0.15, 0.2) is 97.2 Å². The molecule has 0 aromatic carbocycles. The van der Waals surface area contributed by atoms with E-state index in [9.17, 15) is 14.4 Å². The van der Waals surface area contributed by atoms with Crippen LogP contribution in [-0.2, 0) is 28.6 Å². The third-order valence-corrected chi connectivity index (χ3v) is 10.2. The van der Waals surface area contributed by atoms with Crippen LogP contribution in [0.1, 0.15) is 213 Å². The van der Waals surface area contributed by atoms with Crippen LogP contribution in [-0.4, -0.2) is 37.2 Å². The smallest absolute Gasteiger partial charge is 0.306 e. The van der Waals surface area contributed by atoms with Crippen LogP contribution in [0.4, 0.5) is 0 Å². The van der Waals surface area contributed by atoms with Gasteiger partial charge in [0.25, 0.3) is 0 Å². The van der Waals surface area contributed by atoms with Crippen LogP contribution in [0.25, 0.3) is 0 Å². The Kier molecular flexibility index (Phi) is 46.0. The van der Waals surface area contributed by atoms with E-state index in [4.69, 9.17) is 14.2 Å². The average molecular weight is 847 g/mol. The molecule has 0 aliphatic carbocycles. The minimum absolute atomic E-state index is 0.116. The molecule has 0 aliphatic rings. The zero-order valence-electron chi connectivity index (χ0n) is 39.4. The summed E-state index contributed by atoms with van der Waals surface area (Å²) in [5.74, 6) is -1.02. The first kappa shape index (κ1) is 57.3. The highest BCUT2D eigenvalue weighted by atomic mass is 16.6. The fourth-order valence-electron chi connectivity index (χ4n) is 6.44. The zero-order chi connectivity index (χ0) is 44.4. The van der Waals surface area contributed by atoms with E-state index in [2.05, 4.69) is 63.3 Å². The van der Waals surface area contributed by atoms with Crippen molar-refractivity contribution in [1.29, 1.82) is 0 Å². The maximum absolute atomic E-state index is 12.7. The molecular weight excluding hydrogens is 757 g/mol. The highest BCUT2D eigenvalue weighted by molar-refractivity contribution is 5.71. The number of carbonyl (C=O) groups excluding carboxylic acids is 3. The molecule has 0 amide bonds. The van der Waals surface area contributed by atoms with Gasteiger partial charge in [-0.15, -0.1) is 0 Å². The minimum atomic E-state index is -0.823. The van der Waals surface area contributed by atoms with Crippen LogP contribution >= 0.6 is 0 Å². The summed E-state index contributed by atoms with van der Waals surface area (Å²) in [7, 11) is 0. The van der Waals surface area contributed by atoms with Crippen molar-refractivity contribution < 1.29 is 28.6 Å². The molecule has 0 saturated heterocycles. The Morgan fingerprint density at radius 2 is 0.721 bits per heavy atom. The van der Waals surface area contributed by atoms with Gasteiger partial charge < -0.3 is 14.2 Å². The molecule has 1 atom stereocenters. The third-order valence-electron chi connectivity index (χ3n) is 10.2. The summed E-state index contributed by atoms with van der Waals surface area (Å²) >= 11 is 0.